The first-order valence-electron chi connectivity index (χ1n) is 6.67. The van der Waals surface area contributed by atoms with E-state index in [1.54, 1.807) is 0 Å². The van der Waals surface area contributed by atoms with E-state index in [1.165, 1.54) is 19.2 Å². The van der Waals surface area contributed by atoms with Crippen LogP contribution >= 0.6 is 0 Å². The summed E-state index contributed by atoms with van der Waals surface area (Å²) in [4.78, 5) is 36.1. The first kappa shape index (κ1) is 18.4. The fourth-order valence-corrected chi connectivity index (χ4v) is 2.72. The van der Waals surface area contributed by atoms with Crippen molar-refractivity contribution >= 4 is 27.4 Å². The molecule has 5 N–H and O–H groups in total. The third-order valence-corrected chi connectivity index (χ3v) is 4.30. The van der Waals surface area contributed by atoms with Crippen LogP contribution in [0.4, 0.5) is 11.5 Å². The number of nitrogens with one attached hydrogen (secondary N) is 3. The van der Waals surface area contributed by atoms with Gasteiger partial charge in [0.15, 0.2) is 5.82 Å². The van der Waals surface area contributed by atoms with Crippen molar-refractivity contribution in [2.75, 3.05) is 25.3 Å². The molecule has 0 fully saturated rings. The lowest BCUT2D eigenvalue weighted by Gasteiger charge is -2.11. The van der Waals surface area contributed by atoms with Crippen LogP contribution in [0.2, 0.25) is 0 Å². The van der Waals surface area contributed by atoms with E-state index in [4.69, 9.17) is 10.5 Å². The molecule has 2 aromatic rings. The van der Waals surface area contributed by atoms with E-state index in [-0.39, 0.29) is 27.7 Å². The Kier molecular flexibility index (Phi) is 5.36. The lowest BCUT2D eigenvalue weighted by molar-refractivity contribution is 0.102. The molecule has 0 aliphatic rings. The van der Waals surface area contributed by atoms with E-state index in [0.717, 1.165) is 19.5 Å². The van der Waals surface area contributed by atoms with Crippen LogP contribution < -0.4 is 26.2 Å². The minimum absolute atomic E-state index is 0.0125. The molecule has 134 valence electrons. The Hall–Kier alpha value is -2.96. The first-order chi connectivity index (χ1) is 11.8. The molecule has 1 heterocycles. The van der Waals surface area contributed by atoms with Gasteiger partial charge in [0.05, 0.1) is 31.0 Å². The molecule has 2 rings (SSSR count). The van der Waals surface area contributed by atoms with Gasteiger partial charge in [-0.25, -0.2) is 13.4 Å². The number of nitrogen functional groups attached to an aromatic ring is 1. The Bertz CT molecular complexity index is 956. The molecule has 1 aromatic carbocycles. The molecule has 0 radical (unpaired) electrons. The number of amides is 1. The highest BCUT2D eigenvalue weighted by molar-refractivity contribution is 7.89. The molecule has 11 nitrogen and oxygen atoms in total. The highest BCUT2D eigenvalue weighted by Gasteiger charge is 2.20. The molecule has 0 atom stereocenters. The summed E-state index contributed by atoms with van der Waals surface area (Å²) < 4.78 is 28.9. The summed E-state index contributed by atoms with van der Waals surface area (Å²) in [5, 5.41) is 2.31. The van der Waals surface area contributed by atoms with Crippen molar-refractivity contribution in [1.29, 1.82) is 0 Å². The lowest BCUT2D eigenvalue weighted by atomic mass is 10.2. The van der Waals surface area contributed by atoms with Crippen molar-refractivity contribution in [3.05, 3.63) is 40.4 Å². The second-order valence-corrected chi connectivity index (χ2v) is 6.24. The zero-order chi connectivity index (χ0) is 18.6. The van der Waals surface area contributed by atoms with E-state index >= 15 is 0 Å². The maximum absolute atomic E-state index is 12.4. The van der Waals surface area contributed by atoms with Crippen LogP contribution in [-0.4, -0.2) is 38.5 Å². The predicted molar refractivity (Wildman–Crippen MR) is 87.5 cm³/mol. The minimum atomic E-state index is -3.93. The number of ether oxygens (including phenoxy) is 1. The van der Waals surface area contributed by atoms with Gasteiger partial charge < -0.3 is 20.8 Å². The van der Waals surface area contributed by atoms with Crippen LogP contribution in [0.3, 0.4) is 0 Å². The monoisotopic (exact) mass is 369 g/mol. The zero-order valence-electron chi connectivity index (χ0n) is 13.2. The van der Waals surface area contributed by atoms with Crippen LogP contribution in [0.15, 0.2) is 34.2 Å². The van der Waals surface area contributed by atoms with Crippen molar-refractivity contribution in [1.82, 2.24) is 14.9 Å². The highest BCUT2D eigenvalue weighted by Crippen LogP contribution is 2.24. The number of carbonyl (C=O) groups excluding carboxylic acids is 1. The molecule has 0 bridgehead atoms. The number of benzene rings is 1. The van der Waals surface area contributed by atoms with Crippen LogP contribution in [-0.2, 0) is 14.9 Å². The number of aromatic amines is 1. The van der Waals surface area contributed by atoms with Gasteiger partial charge in [0, 0.05) is 6.07 Å². The number of nitrogens with two attached hydrogens (primary N) is 1. The number of H-pyrrole nitrogens is 1. The number of nitrogens with zero attached hydrogens (tertiary/aromatic N) is 1. The molecule has 25 heavy (non-hydrogen) atoms. The molecule has 0 spiro atoms. The molecule has 0 aliphatic carbocycles. The smallest absolute Gasteiger partial charge is 0.276 e. The summed E-state index contributed by atoms with van der Waals surface area (Å²) in [7, 11) is -1.52. The standard InChI is InChI=1S/C13H15N5O6S/c1-23-9-5-7(25(21,22)18-24-2)3-4-8(9)12(19)17-10-11(14)15-6-16-13(10)20/h3-6,18H,1-2H3,(H,17,19)(H3,14,15,16,20). The average molecular weight is 369 g/mol. The zero-order valence-corrected chi connectivity index (χ0v) is 14.0. The highest BCUT2D eigenvalue weighted by atomic mass is 32.2. The molecule has 1 amide bonds. The molecule has 0 aliphatic heterocycles. The minimum Gasteiger partial charge on any atom is -0.496 e. The van der Waals surface area contributed by atoms with Crippen LogP contribution in [0.5, 0.6) is 5.75 Å². The van der Waals surface area contributed by atoms with Crippen molar-refractivity contribution in [3.8, 4) is 5.75 Å². The van der Waals surface area contributed by atoms with Gasteiger partial charge in [-0.15, -0.1) is 0 Å². The van der Waals surface area contributed by atoms with Crippen molar-refractivity contribution < 1.29 is 22.8 Å². The quantitative estimate of drug-likeness (QED) is 0.492. The molecule has 0 saturated carbocycles. The largest absolute Gasteiger partial charge is 0.496 e. The third kappa shape index (κ3) is 3.93. The van der Waals surface area contributed by atoms with Gasteiger partial charge in [0.25, 0.3) is 21.5 Å². The van der Waals surface area contributed by atoms with Gasteiger partial charge in [-0.1, -0.05) is 4.89 Å². The van der Waals surface area contributed by atoms with Gasteiger partial charge in [-0.05, 0) is 12.1 Å². The van der Waals surface area contributed by atoms with Gasteiger partial charge in [-0.2, -0.15) is 0 Å². The normalized spacial score (nSPS) is 11.1. The summed E-state index contributed by atoms with van der Waals surface area (Å²) in [5.74, 6) is -0.930. The van der Waals surface area contributed by atoms with Crippen molar-refractivity contribution in [3.63, 3.8) is 0 Å². The van der Waals surface area contributed by atoms with Crippen LogP contribution in [0, 0.1) is 0 Å². The maximum atomic E-state index is 12.4. The molecule has 12 heteroatoms. The number of hydrogen-bond donors (Lipinski definition) is 4. The van der Waals surface area contributed by atoms with Crippen LogP contribution in [0.25, 0.3) is 0 Å². The number of aromatic nitrogens is 2. The topological polar surface area (TPSA) is 165 Å². The predicted octanol–water partition coefficient (Wildman–Crippen LogP) is -0.547. The number of methoxy groups -OCH3 is 1. The number of anilines is 2. The summed E-state index contributed by atoms with van der Waals surface area (Å²) in [6.45, 7) is 0. The summed E-state index contributed by atoms with van der Waals surface area (Å²) in [6, 6.07) is 3.53. The van der Waals surface area contributed by atoms with E-state index in [9.17, 15) is 18.0 Å². The Labute approximate surface area is 142 Å². The average Bonchev–Trinajstić information content (AvgIpc) is 2.57. The third-order valence-electron chi connectivity index (χ3n) is 3.04. The fraction of sp³-hybridized carbons (Fsp3) is 0.154. The van der Waals surface area contributed by atoms with Crippen LogP contribution in [0.1, 0.15) is 10.4 Å². The number of carbonyl (C=O) groups is 1. The van der Waals surface area contributed by atoms with Gasteiger partial charge in [-0.3, -0.25) is 14.4 Å². The van der Waals surface area contributed by atoms with Gasteiger partial charge >= 0.3 is 0 Å². The Morgan fingerprint density at radius 2 is 2.04 bits per heavy atom. The van der Waals surface area contributed by atoms with Gasteiger partial charge in [0.1, 0.15) is 11.4 Å². The molecular formula is C13H15N5O6S. The molecular weight excluding hydrogens is 354 g/mol. The van der Waals surface area contributed by atoms with E-state index < -0.39 is 21.5 Å². The van der Waals surface area contributed by atoms with E-state index in [0.29, 0.717) is 0 Å². The second-order valence-electron chi connectivity index (χ2n) is 4.60. The van der Waals surface area contributed by atoms with E-state index in [1.807, 2.05) is 4.89 Å². The lowest BCUT2D eigenvalue weighted by Crippen LogP contribution is -2.24. The molecule has 1 aromatic heterocycles. The fourth-order valence-electron chi connectivity index (χ4n) is 1.90. The Morgan fingerprint density at radius 3 is 2.64 bits per heavy atom. The maximum Gasteiger partial charge on any atom is 0.276 e. The van der Waals surface area contributed by atoms with E-state index in [2.05, 4.69) is 20.1 Å². The number of sulfonamides is 1. The second kappa shape index (κ2) is 7.29. The number of rotatable bonds is 6. The van der Waals surface area contributed by atoms with Crippen molar-refractivity contribution in [2.24, 2.45) is 0 Å². The molecule has 0 unspecified atom stereocenters. The van der Waals surface area contributed by atoms with Crippen molar-refractivity contribution in [2.45, 2.75) is 4.90 Å². The SMILES string of the molecule is CONS(=O)(=O)c1ccc(C(=O)Nc2c(N)nc[nH]c2=O)c(OC)c1. The first-order valence-corrected chi connectivity index (χ1v) is 8.15. The Morgan fingerprint density at radius 1 is 1.32 bits per heavy atom. The summed E-state index contributed by atoms with van der Waals surface area (Å²) in [5.41, 5.74) is 4.68. The Balaban J connectivity index is 2.39. The summed E-state index contributed by atoms with van der Waals surface area (Å²) >= 11 is 0. The van der Waals surface area contributed by atoms with Gasteiger partial charge in [0.2, 0.25) is 0 Å². The molecule has 0 saturated heterocycles. The number of hydrogen-bond acceptors (Lipinski definition) is 8. The summed E-state index contributed by atoms with van der Waals surface area (Å²) in [6.07, 6.45) is 1.09.